The minimum absolute atomic E-state index is 0.509. The minimum atomic E-state index is -1.34. The first-order valence-electron chi connectivity index (χ1n) is 9.05. The fourth-order valence-electron chi connectivity index (χ4n) is 3.61. The Labute approximate surface area is 158 Å². The molecule has 4 heteroatoms. The molecule has 0 aliphatic carbocycles. The largest absolute Gasteiger partial charge is 0.433 e. The van der Waals surface area contributed by atoms with Gasteiger partial charge in [0, 0.05) is 17.7 Å². The molecule has 1 heterocycles. The molecule has 4 rings (SSSR count). The van der Waals surface area contributed by atoms with Gasteiger partial charge in [-0.25, -0.2) is 4.79 Å². The van der Waals surface area contributed by atoms with Gasteiger partial charge in [-0.2, -0.15) is 0 Å². The van der Waals surface area contributed by atoms with Gasteiger partial charge >= 0.3 is 5.97 Å². The zero-order valence-electron chi connectivity index (χ0n) is 14.8. The molecule has 0 fully saturated rings. The van der Waals surface area contributed by atoms with Crippen LogP contribution >= 0.6 is 0 Å². The van der Waals surface area contributed by atoms with Gasteiger partial charge in [-0.3, -0.25) is 5.32 Å². The van der Waals surface area contributed by atoms with Gasteiger partial charge in [0.25, 0.3) is 0 Å². The van der Waals surface area contributed by atoms with Crippen LogP contribution in [0.5, 0.6) is 0 Å². The lowest BCUT2D eigenvalue weighted by atomic mass is 9.86. The fourth-order valence-corrected chi connectivity index (χ4v) is 3.61. The quantitative estimate of drug-likeness (QED) is 0.702. The van der Waals surface area contributed by atoms with Gasteiger partial charge in [0.2, 0.25) is 5.72 Å². The second-order valence-electron chi connectivity index (χ2n) is 6.62. The third-order valence-electron chi connectivity index (χ3n) is 4.94. The first-order valence-corrected chi connectivity index (χ1v) is 9.05. The van der Waals surface area contributed by atoms with Gasteiger partial charge in [-0.15, -0.1) is 0 Å². The zero-order chi connectivity index (χ0) is 18.7. The molecule has 4 nitrogen and oxygen atoms in total. The topological polar surface area (TPSA) is 58.6 Å². The van der Waals surface area contributed by atoms with E-state index in [1.807, 2.05) is 54.6 Å². The molecule has 0 radical (unpaired) electrons. The van der Waals surface area contributed by atoms with Gasteiger partial charge in [0.15, 0.2) is 6.10 Å². The average molecular weight is 359 g/mol. The Kier molecular flexibility index (Phi) is 4.75. The summed E-state index contributed by atoms with van der Waals surface area (Å²) < 4.78 is 6.01. The molecule has 0 saturated heterocycles. The van der Waals surface area contributed by atoms with Crippen molar-refractivity contribution in [2.45, 2.75) is 18.2 Å². The smallest absolute Gasteiger partial charge is 0.341 e. The molecule has 0 bridgehead atoms. The van der Waals surface area contributed by atoms with E-state index in [0.29, 0.717) is 12.1 Å². The molecule has 27 heavy (non-hydrogen) atoms. The van der Waals surface area contributed by atoms with Crippen molar-refractivity contribution in [2.75, 3.05) is 6.54 Å². The lowest BCUT2D eigenvalue weighted by Crippen LogP contribution is -2.51. The van der Waals surface area contributed by atoms with Crippen molar-refractivity contribution in [1.29, 1.82) is 0 Å². The molecule has 136 valence electrons. The van der Waals surface area contributed by atoms with Gasteiger partial charge in [-0.1, -0.05) is 84.9 Å². The Balaban J connectivity index is 1.76. The Morgan fingerprint density at radius 3 is 2.30 bits per heavy atom. The second kappa shape index (κ2) is 7.35. The summed E-state index contributed by atoms with van der Waals surface area (Å²) in [6, 6.07) is 26.4. The summed E-state index contributed by atoms with van der Waals surface area (Å²) in [6.07, 6.45) is -0.494. The van der Waals surface area contributed by atoms with Gasteiger partial charge < -0.3 is 9.84 Å². The van der Waals surface area contributed by atoms with Gasteiger partial charge in [0.05, 0.1) is 0 Å². The summed E-state index contributed by atoms with van der Waals surface area (Å²) in [5.41, 5.74) is 2.24. The standard InChI is InChI=1S/C23H21NO3/c25-21(18-10-3-1-4-11-18)22(26)27-23(19-12-5-2-6-13-19)20-14-8-7-9-17(20)15-16-24-23/h1-14,21,24-25H,15-16H2/t21-,23?/m1/s1. The number of fused-ring (bicyclic) bond motifs is 1. The highest BCUT2D eigenvalue weighted by molar-refractivity contribution is 5.77. The van der Waals surface area contributed by atoms with Crippen molar-refractivity contribution in [3.8, 4) is 0 Å². The van der Waals surface area contributed by atoms with Crippen LogP contribution in [0.2, 0.25) is 0 Å². The third kappa shape index (κ3) is 3.25. The summed E-state index contributed by atoms with van der Waals surface area (Å²) in [6.45, 7) is 0.667. The Morgan fingerprint density at radius 1 is 0.926 bits per heavy atom. The van der Waals surface area contributed by atoms with E-state index in [1.54, 1.807) is 24.3 Å². The number of aliphatic hydroxyl groups excluding tert-OH is 1. The van der Waals surface area contributed by atoms with Crippen LogP contribution in [-0.2, 0) is 21.7 Å². The van der Waals surface area contributed by atoms with Crippen LogP contribution in [0.1, 0.15) is 28.4 Å². The molecule has 0 amide bonds. The Bertz CT molecular complexity index is 927. The van der Waals surface area contributed by atoms with Crippen molar-refractivity contribution in [2.24, 2.45) is 0 Å². The van der Waals surface area contributed by atoms with E-state index in [9.17, 15) is 9.90 Å². The zero-order valence-corrected chi connectivity index (χ0v) is 14.8. The number of rotatable bonds is 4. The normalized spacial score (nSPS) is 19.7. The lowest BCUT2D eigenvalue weighted by molar-refractivity contribution is -0.171. The maximum atomic E-state index is 12.9. The number of benzene rings is 3. The van der Waals surface area contributed by atoms with Gasteiger partial charge in [0.1, 0.15) is 0 Å². The van der Waals surface area contributed by atoms with Crippen LogP contribution in [-0.4, -0.2) is 17.6 Å². The first-order chi connectivity index (χ1) is 13.2. The van der Waals surface area contributed by atoms with Crippen LogP contribution in [0, 0.1) is 0 Å². The van der Waals surface area contributed by atoms with E-state index >= 15 is 0 Å². The number of nitrogens with one attached hydrogen (secondary N) is 1. The highest BCUT2D eigenvalue weighted by Crippen LogP contribution is 2.37. The van der Waals surface area contributed by atoms with Crippen molar-refractivity contribution < 1.29 is 14.6 Å². The summed E-state index contributed by atoms with van der Waals surface area (Å²) in [4.78, 5) is 12.9. The molecular weight excluding hydrogens is 338 g/mol. The SMILES string of the molecule is O=C(OC1(c2ccccc2)NCCc2ccccc21)[C@H](O)c1ccccc1. The number of esters is 1. The monoisotopic (exact) mass is 359 g/mol. The predicted molar refractivity (Wildman–Crippen MR) is 103 cm³/mol. The molecular formula is C23H21NO3. The van der Waals surface area contributed by atoms with E-state index in [4.69, 9.17) is 4.74 Å². The molecule has 0 aromatic heterocycles. The van der Waals surface area contributed by atoms with E-state index in [0.717, 1.165) is 23.1 Å². The van der Waals surface area contributed by atoms with Crippen molar-refractivity contribution in [1.82, 2.24) is 5.32 Å². The number of hydrogen-bond acceptors (Lipinski definition) is 4. The predicted octanol–water partition coefficient (Wildman–Crippen LogP) is 3.31. The van der Waals surface area contributed by atoms with Crippen molar-refractivity contribution in [3.63, 3.8) is 0 Å². The number of carbonyl (C=O) groups excluding carboxylic acids is 1. The fraction of sp³-hybridized carbons (Fsp3) is 0.174. The maximum Gasteiger partial charge on any atom is 0.341 e. The molecule has 1 aliphatic rings. The van der Waals surface area contributed by atoms with E-state index in [2.05, 4.69) is 11.4 Å². The van der Waals surface area contributed by atoms with Crippen LogP contribution in [0.3, 0.4) is 0 Å². The van der Waals surface area contributed by atoms with Crippen LogP contribution < -0.4 is 5.32 Å². The number of carbonyl (C=O) groups is 1. The number of aliphatic hydroxyl groups is 1. The summed E-state index contributed by atoms with van der Waals surface area (Å²) in [5.74, 6) is -0.686. The Hall–Kier alpha value is -2.95. The van der Waals surface area contributed by atoms with Crippen molar-refractivity contribution in [3.05, 3.63) is 107 Å². The Morgan fingerprint density at radius 2 is 1.56 bits per heavy atom. The molecule has 3 aromatic carbocycles. The van der Waals surface area contributed by atoms with Crippen molar-refractivity contribution >= 4 is 5.97 Å². The summed E-state index contributed by atoms with van der Waals surface area (Å²) in [7, 11) is 0. The van der Waals surface area contributed by atoms with Gasteiger partial charge in [-0.05, 0) is 17.5 Å². The highest BCUT2D eigenvalue weighted by atomic mass is 16.6. The number of ether oxygens (including phenoxy) is 1. The highest BCUT2D eigenvalue weighted by Gasteiger charge is 2.43. The summed E-state index contributed by atoms with van der Waals surface area (Å²) in [5, 5.41) is 13.9. The van der Waals surface area contributed by atoms with Crippen LogP contribution in [0.25, 0.3) is 0 Å². The molecule has 2 atom stereocenters. The van der Waals surface area contributed by atoms with E-state index in [-0.39, 0.29) is 0 Å². The molecule has 3 aromatic rings. The second-order valence-corrected chi connectivity index (χ2v) is 6.62. The molecule has 0 spiro atoms. The molecule has 1 unspecified atom stereocenters. The lowest BCUT2D eigenvalue weighted by Gasteiger charge is -2.40. The molecule has 0 saturated carbocycles. The van der Waals surface area contributed by atoms with Crippen LogP contribution in [0.4, 0.5) is 0 Å². The van der Waals surface area contributed by atoms with E-state index in [1.165, 1.54) is 0 Å². The third-order valence-corrected chi connectivity index (χ3v) is 4.94. The first kappa shape index (κ1) is 17.5. The molecule has 1 aliphatic heterocycles. The van der Waals surface area contributed by atoms with Crippen LogP contribution in [0.15, 0.2) is 84.9 Å². The maximum absolute atomic E-state index is 12.9. The summed E-state index contributed by atoms with van der Waals surface area (Å²) >= 11 is 0. The number of hydrogen-bond donors (Lipinski definition) is 2. The average Bonchev–Trinajstić information content (AvgIpc) is 2.74. The molecule has 2 N–H and O–H groups in total. The van der Waals surface area contributed by atoms with E-state index < -0.39 is 17.8 Å². The minimum Gasteiger partial charge on any atom is -0.433 e.